The quantitative estimate of drug-likeness (QED) is 0.928. The summed E-state index contributed by atoms with van der Waals surface area (Å²) in [5.74, 6) is -0.421. The van der Waals surface area contributed by atoms with Gasteiger partial charge >= 0.3 is 5.97 Å². The highest BCUT2D eigenvalue weighted by Crippen LogP contribution is 2.32. The van der Waals surface area contributed by atoms with Crippen LogP contribution >= 0.6 is 0 Å². The predicted octanol–water partition coefficient (Wildman–Crippen LogP) is 2.39. The third kappa shape index (κ3) is 2.48. The first kappa shape index (κ1) is 15.4. The molecule has 2 rings (SSSR count). The van der Waals surface area contributed by atoms with Gasteiger partial charge in [0.1, 0.15) is 11.3 Å². The van der Waals surface area contributed by atoms with Crippen LogP contribution in [0, 0.1) is 13.8 Å². The number of carboxylic acids is 1. The zero-order valence-corrected chi connectivity index (χ0v) is 12.9. The molecule has 0 saturated carbocycles. The Balaban J connectivity index is 2.39. The van der Waals surface area contributed by atoms with Crippen molar-refractivity contribution in [2.24, 2.45) is 0 Å². The van der Waals surface area contributed by atoms with Crippen LogP contribution in [0.3, 0.4) is 0 Å². The van der Waals surface area contributed by atoms with Crippen LogP contribution < -0.4 is 4.74 Å². The van der Waals surface area contributed by atoms with Crippen LogP contribution in [-0.4, -0.2) is 41.1 Å². The fourth-order valence-corrected chi connectivity index (χ4v) is 3.06. The summed E-state index contributed by atoms with van der Waals surface area (Å²) in [5, 5.41) is 9.42. The summed E-state index contributed by atoms with van der Waals surface area (Å²) in [6, 6.07) is 3.52. The zero-order valence-electron chi connectivity index (χ0n) is 12.9. The van der Waals surface area contributed by atoms with Crippen LogP contribution in [0.4, 0.5) is 0 Å². The van der Waals surface area contributed by atoms with Crippen molar-refractivity contribution in [3.05, 3.63) is 28.8 Å². The van der Waals surface area contributed by atoms with Gasteiger partial charge in [0.05, 0.1) is 7.11 Å². The maximum absolute atomic E-state index is 12.7. The van der Waals surface area contributed by atoms with Crippen molar-refractivity contribution in [2.45, 2.75) is 39.2 Å². The average Bonchev–Trinajstić information content (AvgIpc) is 2.81. The monoisotopic (exact) mass is 291 g/mol. The van der Waals surface area contributed by atoms with Gasteiger partial charge < -0.3 is 14.7 Å². The lowest BCUT2D eigenvalue weighted by Gasteiger charge is -2.31. The second-order valence-electron chi connectivity index (χ2n) is 5.78. The largest absolute Gasteiger partial charge is 0.496 e. The predicted molar refractivity (Wildman–Crippen MR) is 78.8 cm³/mol. The average molecular weight is 291 g/mol. The van der Waals surface area contributed by atoms with Crippen molar-refractivity contribution in [1.82, 2.24) is 4.90 Å². The fourth-order valence-electron chi connectivity index (χ4n) is 3.06. The second kappa shape index (κ2) is 5.39. The third-order valence-electron chi connectivity index (χ3n) is 4.26. The summed E-state index contributed by atoms with van der Waals surface area (Å²) in [6.07, 6.45) is 1.20. The van der Waals surface area contributed by atoms with E-state index in [4.69, 9.17) is 4.74 Å². The first-order chi connectivity index (χ1) is 9.81. The number of methoxy groups -OCH3 is 1. The van der Waals surface area contributed by atoms with Crippen molar-refractivity contribution in [3.8, 4) is 5.75 Å². The van der Waals surface area contributed by atoms with E-state index in [1.807, 2.05) is 13.8 Å². The van der Waals surface area contributed by atoms with Gasteiger partial charge in [-0.25, -0.2) is 4.79 Å². The minimum Gasteiger partial charge on any atom is -0.496 e. The number of nitrogens with zero attached hydrogens (tertiary/aromatic N) is 1. The fraction of sp³-hybridized carbons (Fsp3) is 0.500. The Morgan fingerprint density at radius 2 is 1.86 bits per heavy atom. The van der Waals surface area contributed by atoms with E-state index < -0.39 is 11.5 Å². The minimum atomic E-state index is -1.11. The molecule has 1 N–H and O–H groups in total. The molecule has 1 aliphatic rings. The van der Waals surface area contributed by atoms with Gasteiger partial charge in [0.2, 0.25) is 0 Å². The summed E-state index contributed by atoms with van der Waals surface area (Å²) in [6.45, 7) is 5.85. The molecule has 1 aromatic carbocycles. The summed E-state index contributed by atoms with van der Waals surface area (Å²) in [5.41, 5.74) is 1.15. The van der Waals surface area contributed by atoms with Gasteiger partial charge in [0.25, 0.3) is 5.91 Å². The van der Waals surface area contributed by atoms with E-state index in [9.17, 15) is 14.7 Å². The van der Waals surface area contributed by atoms with Crippen LogP contribution in [0.1, 0.15) is 41.3 Å². The number of aliphatic carboxylic acids is 1. The van der Waals surface area contributed by atoms with Gasteiger partial charge in [0, 0.05) is 12.1 Å². The van der Waals surface area contributed by atoms with Gasteiger partial charge in [-0.3, -0.25) is 4.79 Å². The van der Waals surface area contributed by atoms with Crippen LogP contribution in [0.25, 0.3) is 0 Å². The molecule has 5 heteroatoms. The van der Waals surface area contributed by atoms with Gasteiger partial charge in [-0.2, -0.15) is 0 Å². The van der Waals surface area contributed by atoms with Crippen molar-refractivity contribution in [3.63, 3.8) is 0 Å². The van der Waals surface area contributed by atoms with Gasteiger partial charge in [0.15, 0.2) is 0 Å². The number of hydrogen-bond donors (Lipinski definition) is 1. The number of likely N-dealkylation sites (tertiary alicyclic amines) is 1. The summed E-state index contributed by atoms with van der Waals surface area (Å²) in [4.78, 5) is 25.7. The Bertz CT molecular complexity index is 573. The molecule has 0 spiro atoms. The van der Waals surface area contributed by atoms with E-state index in [1.165, 1.54) is 4.90 Å². The molecular formula is C16H21NO4. The number of hydrogen-bond acceptors (Lipinski definition) is 3. The molecule has 0 bridgehead atoms. The molecule has 1 amide bonds. The Morgan fingerprint density at radius 1 is 1.29 bits per heavy atom. The second-order valence-corrected chi connectivity index (χ2v) is 5.78. The van der Waals surface area contributed by atoms with Crippen LogP contribution in [0.15, 0.2) is 12.1 Å². The van der Waals surface area contributed by atoms with E-state index in [0.29, 0.717) is 24.9 Å². The lowest BCUT2D eigenvalue weighted by molar-refractivity contribution is -0.147. The van der Waals surface area contributed by atoms with Crippen molar-refractivity contribution >= 4 is 11.9 Å². The number of carboxylic acid groups (broad SMARTS) is 1. The molecule has 1 fully saturated rings. The molecule has 21 heavy (non-hydrogen) atoms. The summed E-state index contributed by atoms with van der Waals surface area (Å²) >= 11 is 0. The highest BCUT2D eigenvalue weighted by atomic mass is 16.5. The summed E-state index contributed by atoms with van der Waals surface area (Å²) in [7, 11) is 1.60. The molecule has 5 nitrogen and oxygen atoms in total. The Morgan fingerprint density at radius 3 is 2.33 bits per heavy atom. The Labute approximate surface area is 124 Å². The van der Waals surface area contributed by atoms with Crippen molar-refractivity contribution < 1.29 is 19.4 Å². The SMILES string of the molecule is COc1c(C)cc(C(=O)N2CCCC2(C)C(=O)O)cc1C. The molecule has 0 aromatic heterocycles. The zero-order chi connectivity index (χ0) is 15.8. The van der Waals surface area contributed by atoms with E-state index in [2.05, 4.69) is 0 Å². The molecule has 1 unspecified atom stereocenters. The first-order valence-electron chi connectivity index (χ1n) is 7.02. The Kier molecular flexibility index (Phi) is 3.94. The molecular weight excluding hydrogens is 270 g/mol. The normalized spacial score (nSPS) is 21.4. The third-order valence-corrected chi connectivity index (χ3v) is 4.26. The number of amides is 1. The lowest BCUT2D eigenvalue weighted by atomic mass is 9.97. The molecule has 1 heterocycles. The number of ether oxygens (including phenoxy) is 1. The van der Waals surface area contributed by atoms with E-state index in [1.54, 1.807) is 26.2 Å². The summed E-state index contributed by atoms with van der Waals surface area (Å²) < 4.78 is 5.30. The van der Waals surface area contributed by atoms with Gasteiger partial charge in [-0.1, -0.05) is 0 Å². The maximum atomic E-state index is 12.7. The number of rotatable bonds is 3. The van der Waals surface area contributed by atoms with Crippen LogP contribution in [-0.2, 0) is 4.79 Å². The van der Waals surface area contributed by atoms with Gasteiger partial charge in [-0.15, -0.1) is 0 Å². The standard InChI is InChI=1S/C16H21NO4/c1-10-8-12(9-11(2)13(10)21-4)14(18)17-7-5-6-16(17,3)15(19)20/h8-9H,5-7H2,1-4H3,(H,19,20). The minimum absolute atomic E-state index is 0.230. The Hall–Kier alpha value is -2.04. The van der Waals surface area contributed by atoms with Crippen LogP contribution in [0.5, 0.6) is 5.75 Å². The molecule has 1 aliphatic heterocycles. The molecule has 1 atom stereocenters. The number of benzene rings is 1. The molecule has 114 valence electrons. The van der Waals surface area contributed by atoms with E-state index in [0.717, 1.165) is 16.9 Å². The number of carbonyl (C=O) groups is 2. The van der Waals surface area contributed by atoms with Crippen molar-refractivity contribution in [1.29, 1.82) is 0 Å². The number of carbonyl (C=O) groups excluding carboxylic acids is 1. The molecule has 0 radical (unpaired) electrons. The molecule has 0 aliphatic carbocycles. The van der Waals surface area contributed by atoms with Crippen molar-refractivity contribution in [2.75, 3.05) is 13.7 Å². The maximum Gasteiger partial charge on any atom is 0.329 e. The van der Waals surface area contributed by atoms with Gasteiger partial charge in [-0.05, 0) is 56.9 Å². The highest BCUT2D eigenvalue weighted by molar-refractivity contribution is 5.98. The first-order valence-corrected chi connectivity index (χ1v) is 7.02. The molecule has 1 aromatic rings. The number of aryl methyl sites for hydroxylation is 2. The molecule has 1 saturated heterocycles. The van der Waals surface area contributed by atoms with E-state index >= 15 is 0 Å². The topological polar surface area (TPSA) is 66.8 Å². The van der Waals surface area contributed by atoms with E-state index in [-0.39, 0.29) is 5.91 Å². The highest BCUT2D eigenvalue weighted by Gasteiger charge is 2.46. The lowest BCUT2D eigenvalue weighted by Crippen LogP contribution is -2.50. The smallest absolute Gasteiger partial charge is 0.329 e. The van der Waals surface area contributed by atoms with Crippen LogP contribution in [0.2, 0.25) is 0 Å².